The molecular formula is C25H24ClFN4OS. The van der Waals surface area contributed by atoms with Crippen LogP contribution in [0.1, 0.15) is 28.4 Å². The van der Waals surface area contributed by atoms with Crippen molar-refractivity contribution in [3.05, 3.63) is 81.3 Å². The van der Waals surface area contributed by atoms with E-state index in [0.717, 1.165) is 42.4 Å². The van der Waals surface area contributed by atoms with Gasteiger partial charge in [-0.25, -0.2) is 14.4 Å². The molecule has 0 aliphatic carbocycles. The fraction of sp³-hybridized carbons (Fsp3) is 0.280. The first-order valence-corrected chi connectivity index (χ1v) is 12.0. The third-order valence-electron chi connectivity index (χ3n) is 5.90. The second kappa shape index (κ2) is 9.25. The van der Waals surface area contributed by atoms with Gasteiger partial charge in [0.1, 0.15) is 23.1 Å². The highest BCUT2D eigenvalue weighted by Gasteiger charge is 2.18. The maximum Gasteiger partial charge on any atom is 0.214 e. The number of ether oxygens (including phenoxy) is 1. The topological polar surface area (TPSA) is 43.2 Å². The molecule has 0 radical (unpaired) electrons. The Kier molecular flexibility index (Phi) is 6.19. The summed E-state index contributed by atoms with van der Waals surface area (Å²) in [6.07, 6.45) is 3.13. The minimum atomic E-state index is -0.378. The highest BCUT2D eigenvalue weighted by molar-refractivity contribution is 7.18. The molecule has 1 aromatic carbocycles. The molecule has 0 spiro atoms. The van der Waals surface area contributed by atoms with Crippen molar-refractivity contribution in [3.63, 3.8) is 0 Å². The average Bonchev–Trinajstić information content (AvgIpc) is 3.30. The number of thiophene rings is 1. The number of fused-ring (bicyclic) bond motifs is 1. The number of aromatic nitrogens is 3. The highest BCUT2D eigenvalue weighted by Crippen LogP contribution is 2.27. The third kappa shape index (κ3) is 4.81. The Morgan fingerprint density at radius 1 is 1.18 bits per heavy atom. The van der Waals surface area contributed by atoms with Gasteiger partial charge in [0, 0.05) is 41.7 Å². The Hall–Kier alpha value is -2.74. The number of nitrogens with zero attached hydrogens (tertiary/aromatic N) is 4. The summed E-state index contributed by atoms with van der Waals surface area (Å²) >= 11 is 7.56. The van der Waals surface area contributed by atoms with Gasteiger partial charge in [0.05, 0.1) is 17.8 Å². The minimum Gasteiger partial charge on any atom is -0.473 e. The number of halogens is 2. The quantitative estimate of drug-likeness (QED) is 0.338. The van der Waals surface area contributed by atoms with E-state index in [-0.39, 0.29) is 12.4 Å². The molecule has 4 aromatic rings. The molecule has 33 heavy (non-hydrogen) atoms. The fourth-order valence-electron chi connectivity index (χ4n) is 4.03. The maximum atomic E-state index is 14.0. The standard InChI is InChI=1S/C25H24ClFN4OS/c1-16-12-22-25(33-16)29-23(30(22)2)14-31-10-8-17(9-11-31)21-4-3-5-24(28-21)32-15-18-6-7-19(26)13-20(18)27/h3-8,12-13H,9-11,14-15H2,1-2H3. The molecule has 0 atom stereocenters. The van der Waals surface area contributed by atoms with E-state index >= 15 is 0 Å². The monoisotopic (exact) mass is 482 g/mol. The van der Waals surface area contributed by atoms with Crippen molar-refractivity contribution in [2.24, 2.45) is 7.05 Å². The zero-order chi connectivity index (χ0) is 22.9. The van der Waals surface area contributed by atoms with Crippen molar-refractivity contribution in [2.75, 3.05) is 13.1 Å². The summed E-state index contributed by atoms with van der Waals surface area (Å²) < 4.78 is 21.9. The summed E-state index contributed by atoms with van der Waals surface area (Å²) in [5.74, 6) is 1.20. The lowest BCUT2D eigenvalue weighted by atomic mass is 10.0. The largest absolute Gasteiger partial charge is 0.473 e. The summed E-state index contributed by atoms with van der Waals surface area (Å²) in [6.45, 7) is 4.83. The molecule has 170 valence electrons. The van der Waals surface area contributed by atoms with Gasteiger partial charge in [-0.05, 0) is 43.2 Å². The van der Waals surface area contributed by atoms with Gasteiger partial charge in [0.2, 0.25) is 5.88 Å². The van der Waals surface area contributed by atoms with Crippen molar-refractivity contribution in [2.45, 2.75) is 26.5 Å². The van der Waals surface area contributed by atoms with E-state index in [1.807, 2.05) is 12.1 Å². The third-order valence-corrected chi connectivity index (χ3v) is 7.07. The Balaban J connectivity index is 1.23. The number of pyridine rings is 1. The van der Waals surface area contributed by atoms with E-state index in [1.54, 1.807) is 29.5 Å². The van der Waals surface area contributed by atoms with Crippen LogP contribution in [0, 0.1) is 12.7 Å². The molecule has 8 heteroatoms. The molecule has 0 saturated carbocycles. The molecule has 3 aromatic heterocycles. The lowest BCUT2D eigenvalue weighted by Crippen LogP contribution is -2.29. The normalized spacial score (nSPS) is 14.6. The summed E-state index contributed by atoms with van der Waals surface area (Å²) in [7, 11) is 2.09. The molecule has 0 bridgehead atoms. The van der Waals surface area contributed by atoms with Gasteiger partial charge in [0.15, 0.2) is 0 Å². The van der Waals surface area contributed by atoms with E-state index in [1.165, 1.54) is 22.0 Å². The number of rotatable bonds is 6. The van der Waals surface area contributed by atoms with Gasteiger partial charge >= 0.3 is 0 Å². The van der Waals surface area contributed by atoms with Crippen LogP contribution in [0.5, 0.6) is 5.88 Å². The molecule has 0 amide bonds. The molecule has 0 unspecified atom stereocenters. The number of aryl methyl sites for hydroxylation is 2. The molecular weight excluding hydrogens is 459 g/mol. The van der Waals surface area contributed by atoms with Crippen LogP contribution in [-0.2, 0) is 20.2 Å². The first kappa shape index (κ1) is 22.1. The molecule has 4 heterocycles. The highest BCUT2D eigenvalue weighted by atomic mass is 35.5. The first-order valence-electron chi connectivity index (χ1n) is 10.8. The van der Waals surface area contributed by atoms with E-state index in [9.17, 15) is 4.39 Å². The van der Waals surface area contributed by atoms with Crippen LogP contribution < -0.4 is 4.74 Å². The summed E-state index contributed by atoms with van der Waals surface area (Å²) in [4.78, 5) is 14.3. The Morgan fingerprint density at radius 3 is 2.82 bits per heavy atom. The maximum absolute atomic E-state index is 14.0. The van der Waals surface area contributed by atoms with Crippen molar-refractivity contribution >= 4 is 38.9 Å². The van der Waals surface area contributed by atoms with Crippen molar-refractivity contribution < 1.29 is 9.13 Å². The van der Waals surface area contributed by atoms with Gasteiger partial charge in [-0.2, -0.15) is 0 Å². The lowest BCUT2D eigenvalue weighted by molar-refractivity contribution is 0.282. The van der Waals surface area contributed by atoms with Crippen molar-refractivity contribution in [3.8, 4) is 5.88 Å². The van der Waals surface area contributed by atoms with Crippen LogP contribution in [0.25, 0.3) is 15.9 Å². The Labute approximate surface area is 201 Å². The SMILES string of the molecule is Cc1cc2c(nc(CN3CC=C(c4cccc(OCc5ccc(Cl)cc5F)n4)CC3)n2C)s1. The van der Waals surface area contributed by atoms with Crippen LogP contribution in [0.4, 0.5) is 4.39 Å². The summed E-state index contributed by atoms with van der Waals surface area (Å²) in [5, 5.41) is 0.368. The number of imidazole rings is 1. The molecule has 0 saturated heterocycles. The number of hydrogen-bond acceptors (Lipinski definition) is 5. The molecule has 0 fully saturated rings. The fourth-order valence-corrected chi connectivity index (χ4v) is 5.12. The Morgan fingerprint density at radius 2 is 2.06 bits per heavy atom. The second-order valence-corrected chi connectivity index (χ2v) is 9.91. The van der Waals surface area contributed by atoms with Gasteiger partial charge in [-0.15, -0.1) is 11.3 Å². The predicted molar refractivity (Wildman–Crippen MR) is 131 cm³/mol. The molecule has 0 N–H and O–H groups in total. The van der Waals surface area contributed by atoms with Gasteiger partial charge in [-0.3, -0.25) is 4.90 Å². The molecule has 5 rings (SSSR count). The van der Waals surface area contributed by atoms with Crippen molar-refractivity contribution in [1.82, 2.24) is 19.4 Å². The van der Waals surface area contributed by atoms with E-state index in [0.29, 0.717) is 16.5 Å². The average molecular weight is 483 g/mol. The minimum absolute atomic E-state index is 0.104. The zero-order valence-electron chi connectivity index (χ0n) is 18.5. The predicted octanol–water partition coefficient (Wildman–Crippen LogP) is 6.00. The zero-order valence-corrected chi connectivity index (χ0v) is 20.1. The first-order chi connectivity index (χ1) is 16.0. The van der Waals surface area contributed by atoms with Gasteiger partial charge in [-0.1, -0.05) is 29.8 Å². The Bertz CT molecular complexity index is 1350. The number of benzene rings is 1. The summed E-state index contributed by atoms with van der Waals surface area (Å²) in [6, 6.07) is 12.5. The second-order valence-electron chi connectivity index (χ2n) is 8.23. The van der Waals surface area contributed by atoms with Crippen LogP contribution in [-0.4, -0.2) is 32.5 Å². The van der Waals surface area contributed by atoms with E-state index < -0.39 is 0 Å². The summed E-state index contributed by atoms with van der Waals surface area (Å²) in [5.41, 5.74) is 3.76. The van der Waals surface area contributed by atoms with E-state index in [4.69, 9.17) is 21.3 Å². The molecule has 1 aliphatic rings. The van der Waals surface area contributed by atoms with E-state index in [2.05, 4.69) is 40.6 Å². The van der Waals surface area contributed by atoms with Crippen molar-refractivity contribution in [1.29, 1.82) is 0 Å². The smallest absolute Gasteiger partial charge is 0.214 e. The van der Waals surface area contributed by atoms with Crippen LogP contribution in [0.2, 0.25) is 5.02 Å². The van der Waals surface area contributed by atoms with Crippen LogP contribution in [0.15, 0.2) is 48.5 Å². The van der Waals surface area contributed by atoms with Gasteiger partial charge in [0.25, 0.3) is 0 Å². The van der Waals surface area contributed by atoms with Crippen LogP contribution >= 0.6 is 22.9 Å². The van der Waals surface area contributed by atoms with Gasteiger partial charge < -0.3 is 9.30 Å². The van der Waals surface area contributed by atoms with Crippen LogP contribution in [0.3, 0.4) is 0 Å². The molecule has 5 nitrogen and oxygen atoms in total. The molecule has 1 aliphatic heterocycles. The lowest BCUT2D eigenvalue weighted by Gasteiger charge is -2.25. The number of hydrogen-bond donors (Lipinski definition) is 0.